The second-order valence-electron chi connectivity index (χ2n) is 6.34. The quantitative estimate of drug-likeness (QED) is 0.856. The van der Waals surface area contributed by atoms with Crippen molar-refractivity contribution in [1.29, 1.82) is 0 Å². The lowest BCUT2D eigenvalue weighted by molar-refractivity contribution is -0.136. The van der Waals surface area contributed by atoms with E-state index in [1.54, 1.807) is 0 Å². The van der Waals surface area contributed by atoms with Gasteiger partial charge in [0, 0.05) is 38.6 Å². The van der Waals surface area contributed by atoms with Crippen LogP contribution in [-0.4, -0.2) is 60.9 Å². The molecule has 1 aliphatic heterocycles. The number of rotatable bonds is 6. The van der Waals surface area contributed by atoms with E-state index in [1.807, 2.05) is 36.9 Å². The van der Waals surface area contributed by atoms with E-state index in [9.17, 15) is 9.59 Å². The summed E-state index contributed by atoms with van der Waals surface area (Å²) in [6.07, 6.45) is 0.850. The standard InChI is InChI=1S/C18H27N3O2/c1-15(2)18(23)21-12-10-20(11-13-21)14-17(22)19-9-8-16-6-4-3-5-7-16/h3-7,15H,8-14H2,1-2H3,(H,19,22). The van der Waals surface area contributed by atoms with Gasteiger partial charge in [0.25, 0.3) is 0 Å². The molecule has 1 N–H and O–H groups in total. The molecule has 1 saturated heterocycles. The molecule has 5 nitrogen and oxygen atoms in total. The van der Waals surface area contributed by atoms with Crippen molar-refractivity contribution in [3.05, 3.63) is 35.9 Å². The van der Waals surface area contributed by atoms with Crippen LogP contribution in [-0.2, 0) is 16.0 Å². The summed E-state index contributed by atoms with van der Waals surface area (Å²) in [5.41, 5.74) is 1.23. The Bertz CT molecular complexity index is 508. The van der Waals surface area contributed by atoms with E-state index in [4.69, 9.17) is 0 Å². The summed E-state index contributed by atoms with van der Waals surface area (Å²) in [5.74, 6) is 0.310. The first-order valence-corrected chi connectivity index (χ1v) is 8.38. The fourth-order valence-corrected chi connectivity index (χ4v) is 2.74. The van der Waals surface area contributed by atoms with Gasteiger partial charge in [-0.1, -0.05) is 44.2 Å². The van der Waals surface area contributed by atoms with Crippen LogP contribution in [0, 0.1) is 5.92 Å². The average molecular weight is 317 g/mol. The Morgan fingerprint density at radius 2 is 1.74 bits per heavy atom. The Morgan fingerprint density at radius 3 is 2.35 bits per heavy atom. The maximum absolute atomic E-state index is 12.0. The first-order chi connectivity index (χ1) is 11.1. The van der Waals surface area contributed by atoms with Crippen molar-refractivity contribution in [1.82, 2.24) is 15.1 Å². The molecule has 5 heteroatoms. The minimum atomic E-state index is 0.0443. The minimum absolute atomic E-state index is 0.0443. The van der Waals surface area contributed by atoms with Crippen LogP contribution in [0.1, 0.15) is 19.4 Å². The van der Waals surface area contributed by atoms with Gasteiger partial charge in [0.15, 0.2) is 0 Å². The number of carbonyl (C=O) groups excluding carboxylic acids is 2. The summed E-state index contributed by atoms with van der Waals surface area (Å²) in [7, 11) is 0. The number of hydrogen-bond acceptors (Lipinski definition) is 3. The van der Waals surface area contributed by atoms with E-state index in [1.165, 1.54) is 5.56 Å². The summed E-state index contributed by atoms with van der Waals surface area (Å²) < 4.78 is 0. The lowest BCUT2D eigenvalue weighted by Gasteiger charge is -2.35. The lowest BCUT2D eigenvalue weighted by atomic mass is 10.1. The maximum Gasteiger partial charge on any atom is 0.234 e. The van der Waals surface area contributed by atoms with Crippen LogP contribution in [0.2, 0.25) is 0 Å². The summed E-state index contributed by atoms with van der Waals surface area (Å²) in [5, 5.41) is 2.97. The van der Waals surface area contributed by atoms with Crippen molar-refractivity contribution in [2.45, 2.75) is 20.3 Å². The first kappa shape index (κ1) is 17.5. The molecule has 0 saturated carbocycles. The van der Waals surface area contributed by atoms with Crippen molar-refractivity contribution in [3.8, 4) is 0 Å². The Morgan fingerprint density at radius 1 is 1.09 bits per heavy atom. The highest BCUT2D eigenvalue weighted by atomic mass is 16.2. The third-order valence-electron chi connectivity index (χ3n) is 4.12. The number of carbonyl (C=O) groups is 2. The van der Waals surface area contributed by atoms with Gasteiger partial charge in [-0.25, -0.2) is 0 Å². The third kappa shape index (κ3) is 5.67. The smallest absolute Gasteiger partial charge is 0.234 e. The van der Waals surface area contributed by atoms with Crippen molar-refractivity contribution >= 4 is 11.8 Å². The monoisotopic (exact) mass is 317 g/mol. The maximum atomic E-state index is 12.0. The molecule has 1 heterocycles. The molecule has 2 rings (SSSR count). The Balaban J connectivity index is 1.64. The SMILES string of the molecule is CC(C)C(=O)N1CCN(CC(=O)NCCc2ccccc2)CC1. The molecule has 0 atom stereocenters. The zero-order valence-electron chi connectivity index (χ0n) is 14.1. The normalized spacial score (nSPS) is 15.7. The minimum Gasteiger partial charge on any atom is -0.355 e. The van der Waals surface area contributed by atoms with Gasteiger partial charge in [0.2, 0.25) is 11.8 Å². The predicted molar refractivity (Wildman–Crippen MR) is 91.0 cm³/mol. The fraction of sp³-hybridized carbons (Fsp3) is 0.556. The predicted octanol–water partition coefficient (Wildman–Crippen LogP) is 1.15. The van der Waals surface area contributed by atoms with Gasteiger partial charge >= 0.3 is 0 Å². The molecule has 0 aliphatic carbocycles. The van der Waals surface area contributed by atoms with Crippen LogP contribution in [0.3, 0.4) is 0 Å². The van der Waals surface area contributed by atoms with Crippen LogP contribution < -0.4 is 5.32 Å². The summed E-state index contributed by atoms with van der Waals surface area (Å²) >= 11 is 0. The average Bonchev–Trinajstić information content (AvgIpc) is 2.56. The number of nitrogens with zero attached hydrogens (tertiary/aromatic N) is 2. The molecule has 0 bridgehead atoms. The van der Waals surface area contributed by atoms with E-state index >= 15 is 0 Å². The first-order valence-electron chi connectivity index (χ1n) is 8.38. The zero-order valence-corrected chi connectivity index (χ0v) is 14.1. The topological polar surface area (TPSA) is 52.7 Å². The second kappa shape index (κ2) is 8.67. The molecule has 2 amide bonds. The highest BCUT2D eigenvalue weighted by Gasteiger charge is 2.23. The van der Waals surface area contributed by atoms with Gasteiger partial charge in [-0.3, -0.25) is 14.5 Å². The third-order valence-corrected chi connectivity index (χ3v) is 4.12. The van der Waals surface area contributed by atoms with E-state index in [-0.39, 0.29) is 17.7 Å². The molecule has 1 fully saturated rings. The summed E-state index contributed by atoms with van der Waals surface area (Å²) in [4.78, 5) is 27.9. The molecule has 0 radical (unpaired) electrons. The van der Waals surface area contributed by atoms with Crippen LogP contribution in [0.4, 0.5) is 0 Å². The Hall–Kier alpha value is -1.88. The molecule has 23 heavy (non-hydrogen) atoms. The van der Waals surface area contributed by atoms with Crippen molar-refractivity contribution in [2.75, 3.05) is 39.3 Å². The molecule has 1 aliphatic rings. The Labute approximate surface area is 138 Å². The molecular weight excluding hydrogens is 290 g/mol. The summed E-state index contributed by atoms with van der Waals surface area (Å²) in [6.45, 7) is 7.90. The molecule has 0 unspecified atom stereocenters. The highest BCUT2D eigenvalue weighted by Crippen LogP contribution is 2.06. The van der Waals surface area contributed by atoms with Crippen molar-refractivity contribution in [2.24, 2.45) is 5.92 Å². The highest BCUT2D eigenvalue weighted by molar-refractivity contribution is 5.79. The molecule has 1 aromatic carbocycles. The number of piperazine rings is 1. The number of amides is 2. The number of hydrogen-bond donors (Lipinski definition) is 1. The second-order valence-corrected chi connectivity index (χ2v) is 6.34. The van der Waals surface area contributed by atoms with E-state index < -0.39 is 0 Å². The Kier molecular flexibility index (Phi) is 6.59. The molecule has 0 aromatic heterocycles. The fourth-order valence-electron chi connectivity index (χ4n) is 2.74. The molecular formula is C18H27N3O2. The molecule has 1 aromatic rings. The van der Waals surface area contributed by atoms with Crippen molar-refractivity contribution in [3.63, 3.8) is 0 Å². The molecule has 126 valence electrons. The van der Waals surface area contributed by atoms with Gasteiger partial charge in [-0.05, 0) is 12.0 Å². The lowest BCUT2D eigenvalue weighted by Crippen LogP contribution is -2.52. The van der Waals surface area contributed by atoms with Crippen LogP contribution in [0.5, 0.6) is 0 Å². The van der Waals surface area contributed by atoms with Crippen LogP contribution >= 0.6 is 0 Å². The molecule has 0 spiro atoms. The van der Waals surface area contributed by atoms with E-state index in [0.717, 1.165) is 19.5 Å². The van der Waals surface area contributed by atoms with Gasteiger partial charge in [-0.15, -0.1) is 0 Å². The largest absolute Gasteiger partial charge is 0.355 e. The van der Waals surface area contributed by atoms with Gasteiger partial charge in [0.1, 0.15) is 0 Å². The van der Waals surface area contributed by atoms with Gasteiger partial charge in [-0.2, -0.15) is 0 Å². The number of benzene rings is 1. The van der Waals surface area contributed by atoms with Crippen LogP contribution in [0.15, 0.2) is 30.3 Å². The van der Waals surface area contributed by atoms with Crippen LogP contribution in [0.25, 0.3) is 0 Å². The van der Waals surface area contributed by atoms with Gasteiger partial charge in [0.05, 0.1) is 6.54 Å². The van der Waals surface area contributed by atoms with Gasteiger partial charge < -0.3 is 10.2 Å². The number of nitrogens with one attached hydrogen (secondary N) is 1. The van der Waals surface area contributed by atoms with E-state index in [0.29, 0.717) is 26.2 Å². The summed E-state index contributed by atoms with van der Waals surface area (Å²) in [6, 6.07) is 10.1. The van der Waals surface area contributed by atoms with E-state index in [2.05, 4.69) is 22.3 Å². The van der Waals surface area contributed by atoms with Crippen molar-refractivity contribution < 1.29 is 9.59 Å². The zero-order chi connectivity index (χ0) is 16.7.